The molecular formula is C23H19F3N2O. The molecule has 3 nitrogen and oxygen atoms in total. The highest BCUT2D eigenvalue weighted by molar-refractivity contribution is 6.18. The largest absolute Gasteiger partial charge is 0.416 e. The highest BCUT2D eigenvalue weighted by atomic mass is 19.4. The number of benzene rings is 3. The molecule has 0 saturated carbocycles. The van der Waals surface area contributed by atoms with Crippen LogP contribution in [0.1, 0.15) is 34.0 Å². The van der Waals surface area contributed by atoms with Crippen molar-refractivity contribution in [1.29, 1.82) is 0 Å². The van der Waals surface area contributed by atoms with Gasteiger partial charge in [-0.25, -0.2) is 0 Å². The number of nitrogens with two attached hydrogens (primary N) is 1. The molecule has 4 rings (SSSR count). The van der Waals surface area contributed by atoms with Gasteiger partial charge in [-0.2, -0.15) is 13.2 Å². The number of halogens is 3. The van der Waals surface area contributed by atoms with E-state index in [0.29, 0.717) is 33.9 Å². The molecule has 0 spiro atoms. The molecule has 29 heavy (non-hydrogen) atoms. The smallest absolute Gasteiger partial charge is 0.366 e. The van der Waals surface area contributed by atoms with E-state index in [4.69, 9.17) is 5.73 Å². The van der Waals surface area contributed by atoms with Crippen LogP contribution in [0, 0.1) is 0 Å². The van der Waals surface area contributed by atoms with E-state index in [9.17, 15) is 18.0 Å². The lowest BCUT2D eigenvalue weighted by Crippen LogP contribution is -2.11. The first-order valence-corrected chi connectivity index (χ1v) is 9.29. The SMILES string of the molecule is CCc1cccc(Cn2c3cc(C(F)(F)F)ccc3c3c(C(N)=O)cccc32)c1. The van der Waals surface area contributed by atoms with Crippen molar-refractivity contribution in [3.05, 3.63) is 82.9 Å². The summed E-state index contributed by atoms with van der Waals surface area (Å²) in [6, 6.07) is 16.7. The molecule has 0 radical (unpaired) electrons. The number of aromatic nitrogens is 1. The van der Waals surface area contributed by atoms with Crippen LogP contribution >= 0.6 is 0 Å². The third-order valence-electron chi connectivity index (χ3n) is 5.22. The fraction of sp³-hybridized carbons (Fsp3) is 0.174. The first-order chi connectivity index (χ1) is 13.8. The van der Waals surface area contributed by atoms with E-state index in [1.54, 1.807) is 18.2 Å². The van der Waals surface area contributed by atoms with Crippen molar-refractivity contribution in [1.82, 2.24) is 4.57 Å². The van der Waals surface area contributed by atoms with Gasteiger partial charge in [0, 0.05) is 22.9 Å². The maximum atomic E-state index is 13.4. The summed E-state index contributed by atoms with van der Waals surface area (Å²) in [5.74, 6) is -0.609. The Kier molecular flexibility index (Phi) is 4.57. The second kappa shape index (κ2) is 6.95. The van der Waals surface area contributed by atoms with Crippen LogP contribution in [0.25, 0.3) is 21.8 Å². The number of primary amides is 1. The van der Waals surface area contributed by atoms with Crippen molar-refractivity contribution in [3.8, 4) is 0 Å². The lowest BCUT2D eigenvalue weighted by atomic mass is 10.0. The van der Waals surface area contributed by atoms with Gasteiger partial charge in [0.25, 0.3) is 0 Å². The number of hydrogen-bond donors (Lipinski definition) is 1. The van der Waals surface area contributed by atoms with E-state index in [0.717, 1.165) is 29.7 Å². The molecule has 1 aromatic heterocycles. The first kappa shape index (κ1) is 19.1. The van der Waals surface area contributed by atoms with Crippen LogP contribution in [0.2, 0.25) is 0 Å². The second-order valence-corrected chi connectivity index (χ2v) is 7.05. The third-order valence-corrected chi connectivity index (χ3v) is 5.22. The van der Waals surface area contributed by atoms with Gasteiger partial charge >= 0.3 is 6.18 Å². The number of alkyl halides is 3. The number of amides is 1. The molecule has 6 heteroatoms. The Morgan fingerprint density at radius 3 is 2.38 bits per heavy atom. The molecule has 0 saturated heterocycles. The number of rotatable bonds is 4. The monoisotopic (exact) mass is 396 g/mol. The lowest BCUT2D eigenvalue weighted by molar-refractivity contribution is -0.137. The van der Waals surface area contributed by atoms with Crippen LogP contribution in [0.3, 0.4) is 0 Å². The van der Waals surface area contributed by atoms with Gasteiger partial charge in [-0.1, -0.05) is 43.3 Å². The summed E-state index contributed by atoms with van der Waals surface area (Å²) in [4.78, 5) is 12.0. The van der Waals surface area contributed by atoms with Gasteiger partial charge in [0.1, 0.15) is 0 Å². The molecule has 0 aliphatic carbocycles. The summed E-state index contributed by atoms with van der Waals surface area (Å²) in [6.07, 6.45) is -3.59. The average molecular weight is 396 g/mol. The second-order valence-electron chi connectivity index (χ2n) is 7.05. The quantitative estimate of drug-likeness (QED) is 0.485. The normalized spacial score (nSPS) is 12.0. The van der Waals surface area contributed by atoms with E-state index < -0.39 is 17.6 Å². The molecule has 0 fully saturated rings. The number of carbonyl (C=O) groups excluding carboxylic acids is 1. The number of aryl methyl sites for hydroxylation is 1. The molecule has 0 aliphatic rings. The highest BCUT2D eigenvalue weighted by Gasteiger charge is 2.31. The predicted molar refractivity (Wildman–Crippen MR) is 108 cm³/mol. The van der Waals surface area contributed by atoms with Gasteiger partial charge in [-0.05, 0) is 41.8 Å². The maximum absolute atomic E-state index is 13.4. The molecule has 2 N–H and O–H groups in total. The van der Waals surface area contributed by atoms with E-state index in [1.807, 2.05) is 35.8 Å². The Balaban J connectivity index is 2.03. The molecule has 148 valence electrons. The number of hydrogen-bond acceptors (Lipinski definition) is 1. The van der Waals surface area contributed by atoms with Gasteiger partial charge in [-0.15, -0.1) is 0 Å². The van der Waals surface area contributed by atoms with Crippen LogP contribution in [0.4, 0.5) is 13.2 Å². The van der Waals surface area contributed by atoms with Crippen molar-refractivity contribution < 1.29 is 18.0 Å². The molecule has 3 aromatic carbocycles. The Bertz CT molecular complexity index is 1240. The van der Waals surface area contributed by atoms with E-state index >= 15 is 0 Å². The summed E-state index contributed by atoms with van der Waals surface area (Å²) >= 11 is 0. The Morgan fingerprint density at radius 2 is 1.69 bits per heavy atom. The van der Waals surface area contributed by atoms with E-state index in [1.165, 1.54) is 6.07 Å². The topological polar surface area (TPSA) is 48.0 Å². The third kappa shape index (κ3) is 3.35. The lowest BCUT2D eigenvalue weighted by Gasteiger charge is -2.11. The average Bonchev–Trinajstić information content (AvgIpc) is 3.00. The van der Waals surface area contributed by atoms with Crippen molar-refractivity contribution >= 4 is 27.7 Å². The zero-order valence-corrected chi connectivity index (χ0v) is 15.8. The molecular weight excluding hydrogens is 377 g/mol. The molecule has 0 bridgehead atoms. The molecule has 1 heterocycles. The van der Waals surface area contributed by atoms with Crippen LogP contribution < -0.4 is 5.73 Å². The van der Waals surface area contributed by atoms with E-state index in [2.05, 4.69) is 0 Å². The van der Waals surface area contributed by atoms with Crippen molar-refractivity contribution in [2.45, 2.75) is 26.1 Å². The summed E-state index contributed by atoms with van der Waals surface area (Å²) in [6.45, 7) is 2.44. The first-order valence-electron chi connectivity index (χ1n) is 9.29. The summed E-state index contributed by atoms with van der Waals surface area (Å²) in [7, 11) is 0. The molecule has 0 atom stereocenters. The molecule has 0 aliphatic heterocycles. The highest BCUT2D eigenvalue weighted by Crippen LogP contribution is 2.37. The van der Waals surface area contributed by atoms with Gasteiger partial charge < -0.3 is 10.3 Å². The molecule has 1 amide bonds. The summed E-state index contributed by atoms with van der Waals surface area (Å²) in [5.41, 5.74) is 8.34. The Morgan fingerprint density at radius 1 is 0.966 bits per heavy atom. The van der Waals surface area contributed by atoms with Crippen LogP contribution in [0.15, 0.2) is 60.7 Å². The van der Waals surface area contributed by atoms with Gasteiger partial charge in [0.05, 0.1) is 16.6 Å². The van der Waals surface area contributed by atoms with Crippen LogP contribution in [-0.2, 0) is 19.1 Å². The van der Waals surface area contributed by atoms with Crippen LogP contribution in [0.5, 0.6) is 0 Å². The standard InChI is InChI=1S/C23H19F3N2O/c1-2-14-5-3-6-15(11-14)13-28-19-8-4-7-18(22(27)29)21(19)17-10-9-16(12-20(17)28)23(24,25)26/h3-12H,2,13H2,1H3,(H2,27,29). The number of carbonyl (C=O) groups is 1. The van der Waals surface area contributed by atoms with Crippen LogP contribution in [-0.4, -0.2) is 10.5 Å². The van der Waals surface area contributed by atoms with Crippen molar-refractivity contribution in [2.75, 3.05) is 0 Å². The van der Waals surface area contributed by atoms with Crippen molar-refractivity contribution in [3.63, 3.8) is 0 Å². The summed E-state index contributed by atoms with van der Waals surface area (Å²) < 4.78 is 41.9. The fourth-order valence-corrected chi connectivity index (χ4v) is 3.83. The van der Waals surface area contributed by atoms with Crippen molar-refractivity contribution in [2.24, 2.45) is 5.73 Å². The van der Waals surface area contributed by atoms with Gasteiger partial charge in [0.15, 0.2) is 0 Å². The summed E-state index contributed by atoms with van der Waals surface area (Å²) in [5, 5.41) is 1.16. The van der Waals surface area contributed by atoms with Gasteiger partial charge in [-0.3, -0.25) is 4.79 Å². The van der Waals surface area contributed by atoms with E-state index in [-0.39, 0.29) is 0 Å². The number of nitrogens with zero attached hydrogens (tertiary/aromatic N) is 1. The fourth-order valence-electron chi connectivity index (χ4n) is 3.83. The minimum Gasteiger partial charge on any atom is -0.366 e. The predicted octanol–water partition coefficient (Wildman–Crippen LogP) is 5.52. The molecule has 0 unspecified atom stereocenters. The van der Waals surface area contributed by atoms with Gasteiger partial charge in [0.2, 0.25) is 5.91 Å². The minimum atomic E-state index is -4.45. The minimum absolute atomic E-state index is 0.299. The molecule has 4 aromatic rings. The number of fused-ring (bicyclic) bond motifs is 3. The Hall–Kier alpha value is -3.28. The zero-order chi connectivity index (χ0) is 20.8. The zero-order valence-electron chi connectivity index (χ0n) is 15.8. The Labute approximate surface area is 165 Å². The maximum Gasteiger partial charge on any atom is 0.416 e.